The molecular weight excluding hydrogens is 334 g/mol. The maximum Gasteiger partial charge on any atom is 0.262 e. The molecule has 0 fully saturated rings. The number of benzene rings is 2. The van der Waals surface area contributed by atoms with Gasteiger partial charge in [0.25, 0.3) is 11.8 Å². The van der Waals surface area contributed by atoms with E-state index < -0.39 is 6.04 Å². The molecule has 0 saturated heterocycles. The Morgan fingerprint density at radius 3 is 2.33 bits per heavy atom. The van der Waals surface area contributed by atoms with Crippen molar-refractivity contribution in [1.29, 1.82) is 0 Å². The fourth-order valence-corrected chi connectivity index (χ4v) is 2.89. The average molecular weight is 346 g/mol. The van der Waals surface area contributed by atoms with Gasteiger partial charge in [0.1, 0.15) is 0 Å². The molecule has 0 radical (unpaired) electrons. The maximum absolute atomic E-state index is 12.5. The lowest BCUT2D eigenvalue weighted by molar-refractivity contribution is 0.0514. The van der Waals surface area contributed by atoms with Gasteiger partial charge in [0.15, 0.2) is 0 Å². The van der Waals surface area contributed by atoms with Crippen molar-refractivity contribution in [2.24, 2.45) is 0 Å². The molecule has 2 aromatic carbocycles. The van der Waals surface area contributed by atoms with Crippen LogP contribution >= 0.6 is 15.9 Å². The Bertz CT molecular complexity index is 715. The number of aliphatic hydroxyl groups is 1. The minimum atomic E-state index is -0.669. The SMILES string of the molecule is O=C1c2ccc(Br)cc2C(=O)N1C(CO)c1ccccc1. The highest BCUT2D eigenvalue weighted by Crippen LogP contribution is 2.32. The van der Waals surface area contributed by atoms with Gasteiger partial charge in [-0.1, -0.05) is 46.3 Å². The zero-order valence-corrected chi connectivity index (χ0v) is 12.6. The largest absolute Gasteiger partial charge is 0.394 e. The molecule has 1 heterocycles. The number of nitrogens with zero attached hydrogens (tertiary/aromatic N) is 1. The summed E-state index contributed by atoms with van der Waals surface area (Å²) < 4.78 is 0.740. The van der Waals surface area contributed by atoms with Gasteiger partial charge in [0, 0.05) is 4.47 Å². The van der Waals surface area contributed by atoms with Crippen LogP contribution in [0.1, 0.15) is 32.3 Å². The summed E-state index contributed by atoms with van der Waals surface area (Å²) in [6.07, 6.45) is 0. The Kier molecular flexibility index (Phi) is 3.61. The fraction of sp³-hybridized carbons (Fsp3) is 0.125. The summed E-state index contributed by atoms with van der Waals surface area (Å²) in [5.74, 6) is -0.746. The van der Waals surface area contributed by atoms with Crippen molar-refractivity contribution in [3.8, 4) is 0 Å². The molecule has 1 unspecified atom stereocenters. The Hall–Kier alpha value is -1.98. The highest BCUT2D eigenvalue weighted by Gasteiger charge is 2.40. The number of hydrogen-bond donors (Lipinski definition) is 1. The smallest absolute Gasteiger partial charge is 0.262 e. The van der Waals surface area contributed by atoms with Crippen molar-refractivity contribution in [3.63, 3.8) is 0 Å². The summed E-state index contributed by atoms with van der Waals surface area (Å²) in [5.41, 5.74) is 1.47. The quantitative estimate of drug-likeness (QED) is 0.870. The van der Waals surface area contributed by atoms with Gasteiger partial charge in [-0.2, -0.15) is 0 Å². The molecular formula is C16H12BrNO3. The molecule has 3 rings (SSSR count). The van der Waals surface area contributed by atoms with Crippen molar-refractivity contribution in [2.75, 3.05) is 6.61 Å². The molecule has 1 N–H and O–H groups in total. The maximum atomic E-state index is 12.5. The molecule has 0 bridgehead atoms. The summed E-state index contributed by atoms with van der Waals surface area (Å²) in [6, 6.07) is 13.4. The van der Waals surface area contributed by atoms with E-state index in [2.05, 4.69) is 15.9 Å². The van der Waals surface area contributed by atoms with Crippen molar-refractivity contribution >= 4 is 27.7 Å². The molecule has 0 saturated carbocycles. The molecule has 21 heavy (non-hydrogen) atoms. The second-order valence-corrected chi connectivity index (χ2v) is 5.69. The predicted octanol–water partition coefficient (Wildman–Crippen LogP) is 2.78. The molecule has 0 aliphatic carbocycles. The predicted molar refractivity (Wildman–Crippen MR) is 80.9 cm³/mol. The van der Waals surface area contributed by atoms with Crippen LogP contribution in [0.3, 0.4) is 0 Å². The van der Waals surface area contributed by atoms with Crippen molar-refractivity contribution in [3.05, 3.63) is 69.7 Å². The molecule has 1 aliphatic heterocycles. The van der Waals surface area contributed by atoms with Crippen LogP contribution in [0.2, 0.25) is 0 Å². The lowest BCUT2D eigenvalue weighted by atomic mass is 10.1. The lowest BCUT2D eigenvalue weighted by Gasteiger charge is -2.24. The molecule has 106 valence electrons. The average Bonchev–Trinajstić information content (AvgIpc) is 2.74. The minimum absolute atomic E-state index is 0.309. The normalized spacial score (nSPS) is 15.2. The Balaban J connectivity index is 2.04. The van der Waals surface area contributed by atoms with Gasteiger partial charge in [-0.05, 0) is 23.8 Å². The van der Waals surface area contributed by atoms with Gasteiger partial charge in [0.05, 0.1) is 23.8 Å². The topological polar surface area (TPSA) is 57.6 Å². The second kappa shape index (κ2) is 5.42. The first-order valence-electron chi connectivity index (χ1n) is 6.46. The van der Waals surface area contributed by atoms with Crippen LogP contribution < -0.4 is 0 Å². The first-order valence-corrected chi connectivity index (χ1v) is 7.26. The van der Waals surface area contributed by atoms with Crippen LogP contribution in [0.25, 0.3) is 0 Å². The van der Waals surface area contributed by atoms with Crippen molar-refractivity contribution in [2.45, 2.75) is 6.04 Å². The molecule has 0 aromatic heterocycles. The van der Waals surface area contributed by atoms with Gasteiger partial charge in [0.2, 0.25) is 0 Å². The van der Waals surface area contributed by atoms with E-state index >= 15 is 0 Å². The van der Waals surface area contributed by atoms with E-state index in [0.717, 1.165) is 14.9 Å². The third kappa shape index (κ3) is 2.28. The van der Waals surface area contributed by atoms with Crippen molar-refractivity contribution in [1.82, 2.24) is 4.90 Å². The first-order chi connectivity index (χ1) is 10.1. The molecule has 4 nitrogen and oxygen atoms in total. The number of halogens is 1. The van der Waals surface area contributed by atoms with Crippen LogP contribution in [0.4, 0.5) is 0 Å². The molecule has 5 heteroatoms. The number of carbonyl (C=O) groups excluding carboxylic acids is 2. The van der Waals surface area contributed by atoms with Gasteiger partial charge in [-0.15, -0.1) is 0 Å². The number of hydrogen-bond acceptors (Lipinski definition) is 3. The van der Waals surface area contributed by atoms with Gasteiger partial charge < -0.3 is 5.11 Å². The summed E-state index contributed by atoms with van der Waals surface area (Å²) in [7, 11) is 0. The van der Waals surface area contributed by atoms with Gasteiger partial charge in [-0.25, -0.2) is 0 Å². The number of carbonyl (C=O) groups is 2. The Labute approximate surface area is 130 Å². The summed E-state index contributed by atoms with van der Waals surface area (Å²) in [4.78, 5) is 26.1. The van der Waals surface area contributed by atoms with E-state index in [0.29, 0.717) is 11.1 Å². The van der Waals surface area contributed by atoms with Crippen LogP contribution in [0.5, 0.6) is 0 Å². The van der Waals surface area contributed by atoms with Crippen LogP contribution in [0, 0.1) is 0 Å². The fourth-order valence-electron chi connectivity index (χ4n) is 2.53. The van der Waals surface area contributed by atoms with Crippen LogP contribution in [-0.4, -0.2) is 28.4 Å². The Morgan fingerprint density at radius 1 is 1.00 bits per heavy atom. The molecule has 2 aromatic rings. The summed E-state index contributed by atoms with van der Waals surface area (Å²) in [5, 5.41) is 9.65. The number of rotatable bonds is 3. The van der Waals surface area contributed by atoms with E-state index in [4.69, 9.17) is 0 Å². The first kappa shape index (κ1) is 14.0. The van der Waals surface area contributed by atoms with Crippen LogP contribution in [0.15, 0.2) is 53.0 Å². The summed E-state index contributed by atoms with van der Waals surface area (Å²) in [6.45, 7) is -0.309. The van der Waals surface area contributed by atoms with Gasteiger partial charge in [-0.3, -0.25) is 14.5 Å². The third-order valence-electron chi connectivity index (χ3n) is 3.55. The van der Waals surface area contributed by atoms with E-state index in [9.17, 15) is 14.7 Å². The molecule has 1 aliphatic rings. The highest BCUT2D eigenvalue weighted by atomic mass is 79.9. The third-order valence-corrected chi connectivity index (χ3v) is 4.04. The highest BCUT2D eigenvalue weighted by molar-refractivity contribution is 9.10. The lowest BCUT2D eigenvalue weighted by Crippen LogP contribution is -2.36. The van der Waals surface area contributed by atoms with Crippen LogP contribution in [-0.2, 0) is 0 Å². The monoisotopic (exact) mass is 345 g/mol. The number of amides is 2. The van der Waals surface area contributed by atoms with E-state index in [1.54, 1.807) is 30.3 Å². The standard InChI is InChI=1S/C16H12BrNO3/c17-11-6-7-12-13(8-11)16(21)18(15(12)20)14(9-19)10-4-2-1-3-5-10/h1-8,14,19H,9H2. The van der Waals surface area contributed by atoms with E-state index in [1.165, 1.54) is 0 Å². The second-order valence-electron chi connectivity index (χ2n) is 4.78. The zero-order chi connectivity index (χ0) is 15.0. The summed E-state index contributed by atoms with van der Waals surface area (Å²) >= 11 is 3.30. The number of imide groups is 1. The minimum Gasteiger partial charge on any atom is -0.394 e. The number of fused-ring (bicyclic) bond motifs is 1. The van der Waals surface area contributed by atoms with E-state index in [1.807, 2.05) is 18.2 Å². The van der Waals surface area contributed by atoms with E-state index in [-0.39, 0.29) is 18.4 Å². The molecule has 0 spiro atoms. The number of aliphatic hydroxyl groups excluding tert-OH is 1. The Morgan fingerprint density at radius 2 is 1.67 bits per heavy atom. The molecule has 1 atom stereocenters. The van der Waals surface area contributed by atoms with Crippen molar-refractivity contribution < 1.29 is 14.7 Å². The van der Waals surface area contributed by atoms with Gasteiger partial charge >= 0.3 is 0 Å². The zero-order valence-electron chi connectivity index (χ0n) is 11.0. The molecule has 2 amide bonds.